The molecule has 1 unspecified atom stereocenters. The van der Waals surface area contributed by atoms with Gasteiger partial charge in [0.05, 0.1) is 0 Å². The number of carboxylic acids is 1. The molecule has 1 atom stereocenters. The number of hydrogen-bond donors (Lipinski definition) is 2. The molecule has 16 heavy (non-hydrogen) atoms. The smallest absolute Gasteiger partial charge is 0.336 e. The predicted molar refractivity (Wildman–Crippen MR) is 55.3 cm³/mol. The zero-order valence-electron chi connectivity index (χ0n) is 8.41. The van der Waals surface area contributed by atoms with Gasteiger partial charge >= 0.3 is 5.97 Å². The maximum atomic E-state index is 13.1. The van der Waals surface area contributed by atoms with Crippen LogP contribution >= 0.6 is 11.8 Å². The van der Waals surface area contributed by atoms with E-state index in [1.54, 1.807) is 0 Å². The number of thioether (sulfide) groups is 1. The monoisotopic (exact) mass is 248 g/mol. The molecule has 0 spiro atoms. The van der Waals surface area contributed by atoms with Crippen molar-refractivity contribution in [3.8, 4) is 0 Å². The summed E-state index contributed by atoms with van der Waals surface area (Å²) in [5.74, 6) is -3.08. The first-order valence-corrected chi connectivity index (χ1v) is 5.35. The molecule has 1 aromatic rings. The van der Waals surface area contributed by atoms with Gasteiger partial charge in [0.1, 0.15) is 11.6 Å². The molecule has 0 radical (unpaired) electrons. The zero-order valence-corrected chi connectivity index (χ0v) is 9.22. The first-order valence-electron chi connectivity index (χ1n) is 4.36. The highest BCUT2D eigenvalue weighted by Gasteiger charge is 2.30. The third kappa shape index (κ3) is 3.18. The molecule has 1 rings (SSSR count). The third-order valence-corrected chi connectivity index (χ3v) is 3.21. The summed E-state index contributed by atoms with van der Waals surface area (Å²) in [7, 11) is 0. The van der Waals surface area contributed by atoms with Gasteiger partial charge in [-0.25, -0.2) is 13.6 Å². The molecule has 0 aliphatic rings. The van der Waals surface area contributed by atoms with E-state index < -0.39 is 23.2 Å². The SMILES string of the molecule is CC(O)(CSc1ccc(F)cc1F)C(=O)O. The number of aliphatic carboxylic acids is 1. The molecule has 1 aromatic carbocycles. The van der Waals surface area contributed by atoms with E-state index in [1.807, 2.05) is 0 Å². The molecule has 0 fully saturated rings. The number of rotatable bonds is 4. The summed E-state index contributed by atoms with van der Waals surface area (Å²) >= 11 is 0.819. The second kappa shape index (κ2) is 4.80. The Morgan fingerprint density at radius 3 is 2.62 bits per heavy atom. The van der Waals surface area contributed by atoms with E-state index in [0.717, 1.165) is 24.8 Å². The molecule has 3 nitrogen and oxygen atoms in total. The van der Waals surface area contributed by atoms with Crippen LogP contribution in [0, 0.1) is 11.6 Å². The van der Waals surface area contributed by atoms with E-state index >= 15 is 0 Å². The first kappa shape index (κ1) is 12.9. The van der Waals surface area contributed by atoms with Gasteiger partial charge in [0.15, 0.2) is 5.60 Å². The Hall–Kier alpha value is -1.14. The van der Waals surface area contributed by atoms with Gasteiger partial charge in [0, 0.05) is 16.7 Å². The molecule has 0 bridgehead atoms. The second-order valence-electron chi connectivity index (χ2n) is 3.44. The highest BCUT2D eigenvalue weighted by atomic mass is 32.2. The topological polar surface area (TPSA) is 57.5 Å². The molecule has 0 aromatic heterocycles. The van der Waals surface area contributed by atoms with Crippen molar-refractivity contribution in [1.82, 2.24) is 0 Å². The number of benzene rings is 1. The van der Waals surface area contributed by atoms with Crippen molar-refractivity contribution in [2.24, 2.45) is 0 Å². The van der Waals surface area contributed by atoms with E-state index in [2.05, 4.69) is 0 Å². The summed E-state index contributed by atoms with van der Waals surface area (Å²) < 4.78 is 25.7. The summed E-state index contributed by atoms with van der Waals surface area (Å²) in [5, 5.41) is 18.0. The normalized spacial score (nSPS) is 14.5. The third-order valence-electron chi connectivity index (χ3n) is 1.86. The lowest BCUT2D eigenvalue weighted by molar-refractivity contribution is -0.154. The Balaban J connectivity index is 2.72. The molecular formula is C10H10F2O3S. The van der Waals surface area contributed by atoms with Crippen LogP contribution in [0.25, 0.3) is 0 Å². The fraction of sp³-hybridized carbons (Fsp3) is 0.300. The van der Waals surface area contributed by atoms with Crippen molar-refractivity contribution in [3.05, 3.63) is 29.8 Å². The molecule has 88 valence electrons. The second-order valence-corrected chi connectivity index (χ2v) is 4.46. The van der Waals surface area contributed by atoms with E-state index in [9.17, 15) is 18.7 Å². The Morgan fingerprint density at radius 1 is 1.50 bits per heavy atom. The minimum absolute atomic E-state index is 0.0999. The Kier molecular flexibility index (Phi) is 3.88. The molecule has 0 amide bonds. The molecule has 0 saturated carbocycles. The predicted octanol–water partition coefficient (Wildman–Crippen LogP) is 1.89. The Bertz CT molecular complexity index is 407. The molecule has 0 aliphatic carbocycles. The van der Waals surface area contributed by atoms with Gasteiger partial charge in [-0.05, 0) is 19.1 Å². The lowest BCUT2D eigenvalue weighted by atomic mass is 10.1. The van der Waals surface area contributed by atoms with Crippen LogP contribution in [-0.2, 0) is 4.79 Å². The molecule has 0 saturated heterocycles. The van der Waals surface area contributed by atoms with Crippen molar-refractivity contribution in [3.63, 3.8) is 0 Å². The number of carboxylic acid groups (broad SMARTS) is 1. The molecule has 0 heterocycles. The average molecular weight is 248 g/mol. The summed E-state index contributed by atoms with van der Waals surface area (Å²) in [6, 6.07) is 2.98. The van der Waals surface area contributed by atoms with Crippen molar-refractivity contribution in [2.75, 3.05) is 5.75 Å². The van der Waals surface area contributed by atoms with Gasteiger partial charge in [-0.2, -0.15) is 0 Å². The minimum atomic E-state index is -1.94. The highest BCUT2D eigenvalue weighted by Crippen LogP contribution is 2.25. The summed E-state index contributed by atoms with van der Waals surface area (Å²) in [6.07, 6.45) is 0. The van der Waals surface area contributed by atoms with Crippen LogP contribution < -0.4 is 0 Å². The van der Waals surface area contributed by atoms with Gasteiger partial charge in [-0.1, -0.05) is 0 Å². The van der Waals surface area contributed by atoms with Gasteiger partial charge in [0.2, 0.25) is 0 Å². The van der Waals surface area contributed by atoms with E-state index in [4.69, 9.17) is 5.11 Å². The van der Waals surface area contributed by atoms with E-state index in [0.29, 0.717) is 6.07 Å². The minimum Gasteiger partial charge on any atom is -0.479 e. The quantitative estimate of drug-likeness (QED) is 0.799. The lowest BCUT2D eigenvalue weighted by Gasteiger charge is -2.17. The Labute approximate surface area is 95.1 Å². The maximum Gasteiger partial charge on any atom is 0.336 e. The van der Waals surface area contributed by atoms with Crippen LogP contribution in [0.2, 0.25) is 0 Å². The van der Waals surface area contributed by atoms with Gasteiger partial charge in [0.25, 0.3) is 0 Å². The van der Waals surface area contributed by atoms with E-state index in [1.165, 1.54) is 6.07 Å². The average Bonchev–Trinajstić information content (AvgIpc) is 2.16. The van der Waals surface area contributed by atoms with Crippen LogP contribution in [0.1, 0.15) is 6.92 Å². The maximum absolute atomic E-state index is 13.1. The molecule has 2 N–H and O–H groups in total. The van der Waals surface area contributed by atoms with Crippen LogP contribution in [-0.4, -0.2) is 27.5 Å². The van der Waals surface area contributed by atoms with Gasteiger partial charge < -0.3 is 10.2 Å². The number of aliphatic hydroxyl groups is 1. The van der Waals surface area contributed by atoms with Crippen LogP contribution in [0.3, 0.4) is 0 Å². The molecule has 6 heteroatoms. The highest BCUT2D eigenvalue weighted by molar-refractivity contribution is 7.99. The summed E-state index contributed by atoms with van der Waals surface area (Å²) in [5.41, 5.74) is -1.94. The Morgan fingerprint density at radius 2 is 2.12 bits per heavy atom. The number of carbonyl (C=O) groups is 1. The largest absolute Gasteiger partial charge is 0.479 e. The van der Waals surface area contributed by atoms with Crippen LogP contribution in [0.4, 0.5) is 8.78 Å². The van der Waals surface area contributed by atoms with Crippen molar-refractivity contribution >= 4 is 17.7 Å². The van der Waals surface area contributed by atoms with Crippen LogP contribution in [0.5, 0.6) is 0 Å². The fourth-order valence-corrected chi connectivity index (χ4v) is 1.79. The van der Waals surface area contributed by atoms with Gasteiger partial charge in [-0.3, -0.25) is 0 Å². The summed E-state index contributed by atoms with van der Waals surface area (Å²) in [6.45, 7) is 1.11. The standard InChI is InChI=1S/C10H10F2O3S/c1-10(15,9(13)14)5-16-8-3-2-6(11)4-7(8)12/h2-4,15H,5H2,1H3,(H,13,14). The molecular weight excluding hydrogens is 238 g/mol. The fourth-order valence-electron chi connectivity index (χ4n) is 0.872. The van der Waals surface area contributed by atoms with E-state index in [-0.39, 0.29) is 10.6 Å². The van der Waals surface area contributed by atoms with Crippen molar-refractivity contribution in [1.29, 1.82) is 0 Å². The summed E-state index contributed by atoms with van der Waals surface area (Å²) in [4.78, 5) is 10.7. The molecule has 0 aliphatic heterocycles. The van der Waals surface area contributed by atoms with Crippen LogP contribution in [0.15, 0.2) is 23.1 Å². The number of hydrogen-bond acceptors (Lipinski definition) is 3. The first-order chi connectivity index (χ1) is 7.33. The van der Waals surface area contributed by atoms with Crippen molar-refractivity contribution in [2.45, 2.75) is 17.4 Å². The number of halogens is 2. The lowest BCUT2D eigenvalue weighted by Crippen LogP contribution is -2.37. The zero-order chi connectivity index (χ0) is 12.3. The van der Waals surface area contributed by atoms with Crippen molar-refractivity contribution < 1.29 is 23.8 Å². The van der Waals surface area contributed by atoms with Gasteiger partial charge in [-0.15, -0.1) is 11.8 Å².